The Morgan fingerprint density at radius 3 is 2.87 bits per heavy atom. The van der Waals surface area contributed by atoms with Crippen LogP contribution in [0.25, 0.3) is 0 Å². The first-order chi connectivity index (χ1) is 11.1. The van der Waals surface area contributed by atoms with Gasteiger partial charge in [-0.3, -0.25) is 4.79 Å². The SMILES string of the molecule is N#CC12CCCC(=O)[C@H]1CC[C@@]13C=CC(CC21)C1(C3)OCCO1. The smallest absolute Gasteiger partial charge is 0.175 e. The van der Waals surface area contributed by atoms with Crippen LogP contribution in [0.5, 0.6) is 0 Å². The number of allylic oxidation sites excluding steroid dienone is 1. The Balaban J connectivity index is 1.59. The third-order valence-corrected chi connectivity index (χ3v) is 7.51. The van der Waals surface area contributed by atoms with Gasteiger partial charge >= 0.3 is 0 Å². The van der Waals surface area contributed by atoms with Gasteiger partial charge in [-0.05, 0) is 43.4 Å². The molecular weight excluding hydrogens is 290 g/mol. The summed E-state index contributed by atoms with van der Waals surface area (Å²) in [5.74, 6) is 0.370. The summed E-state index contributed by atoms with van der Waals surface area (Å²) in [6.07, 6.45) is 10.7. The molecule has 0 radical (unpaired) electrons. The molecule has 1 aliphatic heterocycles. The molecule has 4 heteroatoms. The summed E-state index contributed by atoms with van der Waals surface area (Å²) < 4.78 is 12.1. The van der Waals surface area contributed by atoms with Gasteiger partial charge in [-0.25, -0.2) is 0 Å². The molecule has 4 fully saturated rings. The van der Waals surface area contributed by atoms with Gasteiger partial charge in [0, 0.05) is 24.7 Å². The van der Waals surface area contributed by atoms with Crippen LogP contribution >= 0.6 is 0 Å². The van der Waals surface area contributed by atoms with Crippen LogP contribution in [-0.4, -0.2) is 24.8 Å². The van der Waals surface area contributed by atoms with Gasteiger partial charge in [-0.1, -0.05) is 12.2 Å². The summed E-state index contributed by atoms with van der Waals surface area (Å²) in [5.41, 5.74) is -0.459. The normalized spacial score (nSPS) is 49.7. The van der Waals surface area contributed by atoms with E-state index in [0.29, 0.717) is 25.4 Å². The predicted molar refractivity (Wildman–Crippen MR) is 82.1 cm³/mol. The lowest BCUT2D eigenvalue weighted by molar-refractivity contribution is -0.254. The molecule has 5 atom stereocenters. The third-order valence-electron chi connectivity index (χ3n) is 7.51. The zero-order chi connectivity index (χ0) is 15.7. The maximum atomic E-state index is 12.5. The number of carbonyl (C=O) groups excluding carboxylic acids is 1. The van der Waals surface area contributed by atoms with Crippen molar-refractivity contribution in [3.05, 3.63) is 12.2 Å². The number of hydrogen-bond acceptors (Lipinski definition) is 4. The summed E-state index contributed by atoms with van der Waals surface area (Å²) in [4.78, 5) is 12.5. The van der Waals surface area contributed by atoms with Gasteiger partial charge in [0.05, 0.1) is 24.7 Å². The van der Waals surface area contributed by atoms with Crippen LogP contribution in [0, 0.1) is 39.9 Å². The second-order valence-electron chi connectivity index (χ2n) is 8.24. The molecule has 0 N–H and O–H groups in total. The van der Waals surface area contributed by atoms with Crippen LogP contribution in [0.2, 0.25) is 0 Å². The molecule has 0 amide bonds. The largest absolute Gasteiger partial charge is 0.347 e. The van der Waals surface area contributed by atoms with E-state index in [1.807, 2.05) is 0 Å². The molecule has 6 aliphatic rings. The molecule has 0 aromatic heterocycles. The number of ketones is 1. The van der Waals surface area contributed by atoms with Crippen molar-refractivity contribution in [1.82, 2.24) is 0 Å². The quantitative estimate of drug-likeness (QED) is 0.645. The van der Waals surface area contributed by atoms with Crippen molar-refractivity contribution in [3.63, 3.8) is 0 Å². The molecule has 3 saturated carbocycles. The Labute approximate surface area is 136 Å². The number of rotatable bonds is 0. The molecule has 2 bridgehead atoms. The van der Waals surface area contributed by atoms with Gasteiger partial charge in [0.25, 0.3) is 0 Å². The number of hydrogen-bond donors (Lipinski definition) is 0. The summed E-state index contributed by atoms with van der Waals surface area (Å²) in [6.45, 7) is 1.35. The van der Waals surface area contributed by atoms with Crippen LogP contribution in [0.15, 0.2) is 12.2 Å². The third kappa shape index (κ3) is 1.60. The van der Waals surface area contributed by atoms with E-state index < -0.39 is 11.2 Å². The Kier molecular flexibility index (Phi) is 2.75. The fourth-order valence-corrected chi connectivity index (χ4v) is 6.60. The van der Waals surface area contributed by atoms with Crippen molar-refractivity contribution in [2.45, 2.75) is 50.7 Å². The molecule has 6 rings (SSSR count). The number of nitrogens with zero attached hydrogens (tertiary/aromatic N) is 1. The van der Waals surface area contributed by atoms with Crippen LogP contribution in [-0.2, 0) is 14.3 Å². The minimum absolute atomic E-state index is 0.0110. The van der Waals surface area contributed by atoms with Crippen molar-refractivity contribution in [2.24, 2.45) is 28.6 Å². The van der Waals surface area contributed by atoms with Crippen LogP contribution in [0.4, 0.5) is 0 Å². The van der Waals surface area contributed by atoms with Crippen molar-refractivity contribution < 1.29 is 14.3 Å². The molecule has 2 spiro atoms. The summed E-state index contributed by atoms with van der Waals surface area (Å²) in [7, 11) is 0. The number of nitriles is 1. The van der Waals surface area contributed by atoms with Gasteiger partial charge in [0.1, 0.15) is 5.78 Å². The maximum Gasteiger partial charge on any atom is 0.175 e. The highest BCUT2D eigenvalue weighted by atomic mass is 16.7. The Morgan fingerprint density at radius 1 is 1.26 bits per heavy atom. The molecular formula is C19H23NO3. The first-order valence-electron chi connectivity index (χ1n) is 9.05. The van der Waals surface area contributed by atoms with Gasteiger partial charge < -0.3 is 9.47 Å². The van der Waals surface area contributed by atoms with E-state index in [0.717, 1.165) is 38.5 Å². The molecule has 5 aliphatic carbocycles. The zero-order valence-electron chi connectivity index (χ0n) is 13.4. The van der Waals surface area contributed by atoms with Crippen molar-refractivity contribution in [1.29, 1.82) is 5.26 Å². The summed E-state index contributed by atoms with van der Waals surface area (Å²) in [6, 6.07) is 2.67. The van der Waals surface area contributed by atoms with E-state index in [-0.39, 0.29) is 23.2 Å². The first-order valence-corrected chi connectivity index (χ1v) is 9.05. The van der Waals surface area contributed by atoms with E-state index in [9.17, 15) is 10.1 Å². The fourth-order valence-electron chi connectivity index (χ4n) is 6.60. The monoisotopic (exact) mass is 313 g/mol. The lowest BCUT2D eigenvalue weighted by Crippen LogP contribution is -2.63. The lowest BCUT2D eigenvalue weighted by atomic mass is 9.41. The molecule has 1 heterocycles. The number of fused-ring (bicyclic) bond motifs is 1. The maximum absolute atomic E-state index is 12.5. The van der Waals surface area contributed by atoms with Crippen LogP contribution in [0.3, 0.4) is 0 Å². The highest BCUT2D eigenvalue weighted by Gasteiger charge is 2.68. The fraction of sp³-hybridized carbons (Fsp3) is 0.789. The molecule has 122 valence electrons. The van der Waals surface area contributed by atoms with Gasteiger partial charge in [0.2, 0.25) is 0 Å². The van der Waals surface area contributed by atoms with Crippen LogP contribution in [0.1, 0.15) is 44.9 Å². The molecule has 4 nitrogen and oxygen atoms in total. The molecule has 0 aromatic rings. The topological polar surface area (TPSA) is 59.3 Å². The van der Waals surface area contributed by atoms with Crippen molar-refractivity contribution >= 4 is 5.78 Å². The van der Waals surface area contributed by atoms with E-state index >= 15 is 0 Å². The van der Waals surface area contributed by atoms with Gasteiger partial charge in [0.15, 0.2) is 5.79 Å². The molecule has 23 heavy (non-hydrogen) atoms. The second kappa shape index (κ2) is 4.46. The van der Waals surface area contributed by atoms with E-state index in [4.69, 9.17) is 9.47 Å². The summed E-state index contributed by atoms with van der Waals surface area (Å²) >= 11 is 0. The standard InChI is InChI=1S/C19H23NO3/c20-12-18-5-1-2-15(21)14(18)4-7-17-6-3-13(10-16(17)18)19(11-17)22-8-9-23-19/h3,6,13-14,16H,1-2,4-5,7-11H2/t13?,14-,16?,17-,18?/m1/s1. The molecule has 0 aromatic carbocycles. The molecule has 1 saturated heterocycles. The Bertz CT molecular complexity index is 629. The number of carbonyl (C=O) groups is 1. The average Bonchev–Trinajstić information content (AvgIpc) is 3.02. The predicted octanol–water partition coefficient (Wildman–Crippen LogP) is 2.98. The minimum Gasteiger partial charge on any atom is -0.347 e. The van der Waals surface area contributed by atoms with Gasteiger partial charge in [-0.15, -0.1) is 0 Å². The van der Waals surface area contributed by atoms with E-state index in [1.54, 1.807) is 0 Å². The number of ether oxygens (including phenoxy) is 2. The Morgan fingerprint density at radius 2 is 2.09 bits per heavy atom. The minimum atomic E-state index is -0.451. The second-order valence-corrected chi connectivity index (χ2v) is 8.24. The highest BCUT2D eigenvalue weighted by Crippen LogP contribution is 2.69. The Hall–Kier alpha value is -1.18. The van der Waals surface area contributed by atoms with E-state index in [1.165, 1.54) is 0 Å². The average molecular weight is 313 g/mol. The first kappa shape index (κ1) is 14.2. The lowest BCUT2D eigenvalue weighted by Gasteiger charge is -2.63. The zero-order valence-corrected chi connectivity index (χ0v) is 13.4. The van der Waals surface area contributed by atoms with Crippen LogP contribution < -0.4 is 0 Å². The number of Topliss-reactive ketones (excluding diaryl/α,β-unsaturated/α-hetero) is 1. The molecule has 3 unspecified atom stereocenters. The van der Waals surface area contributed by atoms with Crippen molar-refractivity contribution in [2.75, 3.05) is 13.2 Å². The van der Waals surface area contributed by atoms with Gasteiger partial charge in [-0.2, -0.15) is 5.26 Å². The van der Waals surface area contributed by atoms with Crippen molar-refractivity contribution in [3.8, 4) is 6.07 Å². The summed E-state index contributed by atoms with van der Waals surface area (Å²) in [5, 5.41) is 10.1. The van der Waals surface area contributed by atoms with E-state index in [2.05, 4.69) is 18.2 Å². The highest BCUT2D eigenvalue weighted by molar-refractivity contribution is 5.83.